The number of thiophene rings is 1. The summed E-state index contributed by atoms with van der Waals surface area (Å²) in [5.74, 6) is 0.830. The van der Waals surface area contributed by atoms with Gasteiger partial charge in [0, 0.05) is 17.3 Å². The highest BCUT2D eigenvalue weighted by molar-refractivity contribution is 7.10. The summed E-state index contributed by atoms with van der Waals surface area (Å²) < 4.78 is 0. The highest BCUT2D eigenvalue weighted by Crippen LogP contribution is 2.37. The lowest BCUT2D eigenvalue weighted by Crippen LogP contribution is -2.25. The van der Waals surface area contributed by atoms with Crippen molar-refractivity contribution in [1.29, 1.82) is 0 Å². The smallest absolute Gasteiger partial charge is 0.180 e. The van der Waals surface area contributed by atoms with Gasteiger partial charge in [0.15, 0.2) is 5.65 Å². The van der Waals surface area contributed by atoms with Gasteiger partial charge in [0.25, 0.3) is 0 Å². The summed E-state index contributed by atoms with van der Waals surface area (Å²) in [5.41, 5.74) is 1.57. The Morgan fingerprint density at radius 1 is 1.10 bits per heavy atom. The van der Waals surface area contributed by atoms with Crippen molar-refractivity contribution < 1.29 is 0 Å². The van der Waals surface area contributed by atoms with Crippen molar-refractivity contribution in [2.24, 2.45) is 5.41 Å². The van der Waals surface area contributed by atoms with Crippen LogP contribution in [-0.2, 0) is 0 Å². The van der Waals surface area contributed by atoms with Gasteiger partial charge in [-0.05, 0) is 29.0 Å². The molecular weight excluding hydrogens is 280 g/mol. The van der Waals surface area contributed by atoms with E-state index in [1.165, 1.54) is 4.88 Å². The molecule has 3 heterocycles. The molecule has 0 saturated heterocycles. The molecule has 4 nitrogen and oxygen atoms in total. The maximum absolute atomic E-state index is 4.56. The average molecular weight is 298 g/mol. The first-order valence-electron chi connectivity index (χ1n) is 6.92. The normalized spacial score (nSPS) is 13.3. The topological polar surface area (TPSA) is 50.7 Å². The Labute approximate surface area is 128 Å². The molecule has 0 aliphatic heterocycles. The van der Waals surface area contributed by atoms with E-state index in [1.807, 2.05) is 12.1 Å². The molecule has 0 saturated carbocycles. The van der Waals surface area contributed by atoms with E-state index in [0.717, 1.165) is 11.3 Å². The maximum atomic E-state index is 4.56. The summed E-state index contributed by atoms with van der Waals surface area (Å²) in [6.45, 7) is 6.68. The van der Waals surface area contributed by atoms with Gasteiger partial charge < -0.3 is 5.32 Å². The number of nitrogens with one attached hydrogen (secondary N) is 1. The molecule has 3 aromatic rings. The monoisotopic (exact) mass is 298 g/mol. The van der Waals surface area contributed by atoms with Gasteiger partial charge in [0.05, 0.1) is 6.04 Å². The zero-order chi connectivity index (χ0) is 14.9. The molecule has 5 heteroatoms. The molecular formula is C16H18N4S. The van der Waals surface area contributed by atoms with Crippen LogP contribution in [0.2, 0.25) is 0 Å². The largest absolute Gasteiger partial charge is 0.362 e. The first-order chi connectivity index (χ1) is 10.0. The quantitative estimate of drug-likeness (QED) is 0.784. The molecule has 0 aliphatic carbocycles. The number of aromatic nitrogens is 3. The van der Waals surface area contributed by atoms with E-state index in [9.17, 15) is 0 Å². The zero-order valence-electron chi connectivity index (χ0n) is 12.4. The maximum Gasteiger partial charge on any atom is 0.180 e. The van der Waals surface area contributed by atoms with Gasteiger partial charge in [-0.15, -0.1) is 11.3 Å². The van der Waals surface area contributed by atoms with Crippen molar-refractivity contribution >= 4 is 28.3 Å². The highest BCUT2D eigenvalue weighted by atomic mass is 32.1. The van der Waals surface area contributed by atoms with Crippen LogP contribution in [0.15, 0.2) is 42.0 Å². The van der Waals surface area contributed by atoms with Crippen LogP contribution in [0.25, 0.3) is 11.2 Å². The van der Waals surface area contributed by atoms with Crippen molar-refractivity contribution in [1.82, 2.24) is 15.0 Å². The number of nitrogens with zero attached hydrogens (tertiary/aromatic N) is 3. The van der Waals surface area contributed by atoms with Gasteiger partial charge in [-0.25, -0.2) is 9.97 Å². The van der Waals surface area contributed by atoms with Crippen LogP contribution in [0.5, 0.6) is 0 Å². The molecule has 3 aromatic heterocycles. The fraction of sp³-hybridized carbons (Fsp3) is 0.312. The molecule has 3 rings (SSSR count). The first kappa shape index (κ1) is 13.9. The molecule has 0 spiro atoms. The standard InChI is InChI=1S/C16H18N4S/c1-16(2,3)14(12-5-4-10-21-12)19-13-7-6-11-15(20-13)18-9-8-17-11/h4-10,14H,1-3H3,(H,18,19,20). The lowest BCUT2D eigenvalue weighted by atomic mass is 9.86. The molecule has 0 aromatic carbocycles. The van der Waals surface area contributed by atoms with E-state index in [1.54, 1.807) is 23.7 Å². The molecule has 0 aliphatic rings. The number of hydrogen-bond acceptors (Lipinski definition) is 5. The molecule has 108 valence electrons. The first-order valence-corrected chi connectivity index (χ1v) is 7.80. The number of anilines is 1. The Balaban J connectivity index is 1.94. The molecule has 0 radical (unpaired) electrons. The molecule has 1 unspecified atom stereocenters. The second-order valence-corrected chi connectivity index (χ2v) is 7.03. The van der Waals surface area contributed by atoms with E-state index in [0.29, 0.717) is 5.65 Å². The van der Waals surface area contributed by atoms with Crippen LogP contribution < -0.4 is 5.32 Å². The fourth-order valence-corrected chi connectivity index (χ4v) is 3.27. The van der Waals surface area contributed by atoms with E-state index in [2.05, 4.69) is 58.6 Å². The molecule has 1 N–H and O–H groups in total. The van der Waals surface area contributed by atoms with Gasteiger partial charge in [-0.1, -0.05) is 26.8 Å². The molecule has 1 atom stereocenters. The summed E-state index contributed by atoms with van der Waals surface area (Å²) in [6.07, 6.45) is 3.35. The highest BCUT2D eigenvalue weighted by Gasteiger charge is 2.27. The number of pyridine rings is 1. The van der Waals surface area contributed by atoms with Crippen molar-refractivity contribution in [3.8, 4) is 0 Å². The Bertz CT molecular complexity index is 731. The van der Waals surface area contributed by atoms with Gasteiger partial charge >= 0.3 is 0 Å². The van der Waals surface area contributed by atoms with Crippen molar-refractivity contribution in [2.45, 2.75) is 26.8 Å². The van der Waals surface area contributed by atoms with E-state index in [4.69, 9.17) is 0 Å². The van der Waals surface area contributed by atoms with E-state index >= 15 is 0 Å². The Hall–Kier alpha value is -2.01. The number of fused-ring (bicyclic) bond motifs is 1. The van der Waals surface area contributed by atoms with Crippen LogP contribution in [0.1, 0.15) is 31.7 Å². The Morgan fingerprint density at radius 3 is 2.62 bits per heavy atom. The van der Waals surface area contributed by atoms with Crippen LogP contribution in [-0.4, -0.2) is 15.0 Å². The van der Waals surface area contributed by atoms with E-state index < -0.39 is 0 Å². The van der Waals surface area contributed by atoms with Crippen molar-refractivity contribution in [2.75, 3.05) is 5.32 Å². The summed E-state index contributed by atoms with van der Waals surface area (Å²) in [6, 6.07) is 8.36. The van der Waals surface area contributed by atoms with Crippen LogP contribution in [0, 0.1) is 5.41 Å². The number of hydrogen-bond donors (Lipinski definition) is 1. The predicted octanol–water partition coefficient (Wildman–Crippen LogP) is 4.29. The van der Waals surface area contributed by atoms with Crippen molar-refractivity contribution in [3.05, 3.63) is 46.9 Å². The average Bonchev–Trinajstić information content (AvgIpc) is 2.97. The summed E-state index contributed by atoms with van der Waals surface area (Å²) in [4.78, 5) is 14.4. The van der Waals surface area contributed by atoms with Crippen LogP contribution in [0.3, 0.4) is 0 Å². The SMILES string of the molecule is CC(C)(C)C(Nc1ccc2nccnc2n1)c1cccs1. The third kappa shape index (κ3) is 3.03. The van der Waals surface area contributed by atoms with Crippen molar-refractivity contribution in [3.63, 3.8) is 0 Å². The number of rotatable bonds is 3. The third-order valence-corrected chi connectivity index (χ3v) is 4.25. The van der Waals surface area contributed by atoms with Gasteiger partial charge in [0.2, 0.25) is 0 Å². The minimum absolute atomic E-state index is 0.0872. The van der Waals surface area contributed by atoms with Gasteiger partial charge in [-0.3, -0.25) is 4.98 Å². The van der Waals surface area contributed by atoms with Gasteiger partial charge in [-0.2, -0.15) is 0 Å². The minimum atomic E-state index is 0.0872. The summed E-state index contributed by atoms with van der Waals surface area (Å²) >= 11 is 1.76. The lowest BCUT2D eigenvalue weighted by Gasteiger charge is -2.31. The minimum Gasteiger partial charge on any atom is -0.362 e. The molecule has 0 amide bonds. The van der Waals surface area contributed by atoms with Crippen LogP contribution in [0.4, 0.5) is 5.82 Å². The molecule has 0 fully saturated rings. The Morgan fingerprint density at radius 2 is 1.90 bits per heavy atom. The predicted molar refractivity (Wildman–Crippen MR) is 87.5 cm³/mol. The third-order valence-electron chi connectivity index (χ3n) is 3.32. The molecule has 21 heavy (non-hydrogen) atoms. The van der Waals surface area contributed by atoms with Crippen LogP contribution >= 0.6 is 11.3 Å². The van der Waals surface area contributed by atoms with E-state index in [-0.39, 0.29) is 11.5 Å². The Kier molecular flexibility index (Phi) is 3.59. The second-order valence-electron chi connectivity index (χ2n) is 6.05. The fourth-order valence-electron chi connectivity index (χ4n) is 2.25. The lowest BCUT2D eigenvalue weighted by molar-refractivity contribution is 0.351. The molecule has 0 bridgehead atoms. The van der Waals surface area contributed by atoms with Gasteiger partial charge in [0.1, 0.15) is 11.3 Å². The summed E-state index contributed by atoms with van der Waals surface area (Å²) in [5, 5.41) is 5.65. The summed E-state index contributed by atoms with van der Waals surface area (Å²) in [7, 11) is 0. The zero-order valence-corrected chi connectivity index (χ0v) is 13.2. The second kappa shape index (κ2) is 5.41.